The molecule has 1 saturated carbocycles. The maximum absolute atomic E-state index is 4.40. The number of halogens is 1. The smallest absolute Gasteiger partial charge is 0.191 e. The fourth-order valence-corrected chi connectivity index (χ4v) is 3.80. The lowest BCUT2D eigenvalue weighted by atomic mass is 9.67. The van der Waals surface area contributed by atoms with E-state index in [0.717, 1.165) is 25.0 Å². The normalized spacial score (nSPS) is 22.1. The van der Waals surface area contributed by atoms with Crippen LogP contribution in [-0.2, 0) is 0 Å². The number of rotatable bonds is 7. The Morgan fingerprint density at radius 3 is 2.35 bits per heavy atom. The molecule has 2 fully saturated rings. The lowest BCUT2D eigenvalue weighted by Crippen LogP contribution is -2.47. The second kappa shape index (κ2) is 10.7. The van der Waals surface area contributed by atoms with Crippen molar-refractivity contribution in [2.75, 3.05) is 39.8 Å². The van der Waals surface area contributed by atoms with Crippen molar-refractivity contribution in [2.24, 2.45) is 16.3 Å². The Morgan fingerprint density at radius 1 is 1.17 bits per heavy atom. The molecule has 0 unspecified atom stereocenters. The molecular formula is C18H37IN4. The van der Waals surface area contributed by atoms with Gasteiger partial charge < -0.3 is 15.5 Å². The molecule has 0 aromatic rings. The molecule has 1 heterocycles. The van der Waals surface area contributed by atoms with Gasteiger partial charge in [0.1, 0.15) is 0 Å². The molecule has 23 heavy (non-hydrogen) atoms. The summed E-state index contributed by atoms with van der Waals surface area (Å²) < 4.78 is 0. The minimum absolute atomic E-state index is 0. The van der Waals surface area contributed by atoms with Gasteiger partial charge in [0.25, 0.3) is 0 Å². The van der Waals surface area contributed by atoms with Gasteiger partial charge in [0.2, 0.25) is 0 Å². The van der Waals surface area contributed by atoms with E-state index >= 15 is 0 Å². The van der Waals surface area contributed by atoms with Crippen LogP contribution >= 0.6 is 24.0 Å². The molecule has 2 rings (SSSR count). The summed E-state index contributed by atoms with van der Waals surface area (Å²) in [5.41, 5.74) is 0.545. The highest BCUT2D eigenvalue weighted by molar-refractivity contribution is 14.0. The maximum atomic E-state index is 4.40. The quantitative estimate of drug-likeness (QED) is 0.365. The fourth-order valence-electron chi connectivity index (χ4n) is 3.80. The number of piperidine rings is 1. The predicted octanol–water partition coefficient (Wildman–Crippen LogP) is 3.47. The minimum atomic E-state index is 0. The molecule has 0 aromatic carbocycles. The summed E-state index contributed by atoms with van der Waals surface area (Å²) in [7, 11) is 1.89. The van der Waals surface area contributed by atoms with E-state index in [9.17, 15) is 0 Å². The Bertz CT molecular complexity index is 341. The molecule has 0 aromatic heterocycles. The molecule has 5 heteroatoms. The first-order valence-electron chi connectivity index (χ1n) is 9.38. The summed E-state index contributed by atoms with van der Waals surface area (Å²) in [6, 6.07) is 0. The van der Waals surface area contributed by atoms with Gasteiger partial charge in [-0.1, -0.05) is 20.3 Å². The molecule has 1 saturated heterocycles. The topological polar surface area (TPSA) is 39.7 Å². The highest BCUT2D eigenvalue weighted by Crippen LogP contribution is 2.42. The number of hydrogen-bond acceptors (Lipinski definition) is 2. The molecule has 0 atom stereocenters. The average Bonchev–Trinajstić information content (AvgIpc) is 2.51. The summed E-state index contributed by atoms with van der Waals surface area (Å²) in [5, 5.41) is 7.11. The second-order valence-corrected chi connectivity index (χ2v) is 7.30. The van der Waals surface area contributed by atoms with Crippen molar-refractivity contribution in [3.05, 3.63) is 0 Å². The molecule has 0 amide bonds. The van der Waals surface area contributed by atoms with Crippen molar-refractivity contribution in [2.45, 2.75) is 58.8 Å². The minimum Gasteiger partial charge on any atom is -0.356 e. The summed E-state index contributed by atoms with van der Waals surface area (Å²) >= 11 is 0. The second-order valence-electron chi connectivity index (χ2n) is 7.30. The molecule has 1 aliphatic heterocycles. The van der Waals surface area contributed by atoms with Crippen molar-refractivity contribution in [3.63, 3.8) is 0 Å². The molecule has 2 N–H and O–H groups in total. The van der Waals surface area contributed by atoms with E-state index in [4.69, 9.17) is 0 Å². The van der Waals surface area contributed by atoms with E-state index < -0.39 is 0 Å². The Morgan fingerprint density at radius 2 is 1.87 bits per heavy atom. The van der Waals surface area contributed by atoms with Crippen molar-refractivity contribution >= 4 is 29.9 Å². The first-order valence-corrected chi connectivity index (χ1v) is 9.38. The van der Waals surface area contributed by atoms with Crippen LogP contribution in [0.15, 0.2) is 4.99 Å². The van der Waals surface area contributed by atoms with Gasteiger partial charge in [0.05, 0.1) is 0 Å². The standard InChI is InChI=1S/C18H36N4.HI/c1-4-11-22-12-7-16(8-13-22)14-20-17(19-3)21-15-18(5-2)9-6-10-18;/h16H,4-15H2,1-3H3,(H2,19,20,21);1H. The third-order valence-electron chi connectivity index (χ3n) is 5.82. The predicted molar refractivity (Wildman–Crippen MR) is 111 cm³/mol. The number of hydrogen-bond donors (Lipinski definition) is 2. The van der Waals surface area contributed by atoms with E-state index in [0.29, 0.717) is 5.41 Å². The van der Waals surface area contributed by atoms with E-state index in [-0.39, 0.29) is 24.0 Å². The molecule has 4 nitrogen and oxygen atoms in total. The van der Waals surface area contributed by atoms with Gasteiger partial charge in [-0.25, -0.2) is 0 Å². The zero-order valence-electron chi connectivity index (χ0n) is 15.4. The van der Waals surface area contributed by atoms with E-state index in [1.807, 2.05) is 7.05 Å². The average molecular weight is 436 g/mol. The van der Waals surface area contributed by atoms with Crippen molar-refractivity contribution in [1.82, 2.24) is 15.5 Å². The van der Waals surface area contributed by atoms with Crippen LogP contribution in [0.3, 0.4) is 0 Å². The highest BCUT2D eigenvalue weighted by Gasteiger charge is 2.34. The van der Waals surface area contributed by atoms with Crippen LogP contribution in [0.1, 0.15) is 58.8 Å². The van der Waals surface area contributed by atoms with Crippen LogP contribution in [-0.4, -0.2) is 50.6 Å². The van der Waals surface area contributed by atoms with Crippen LogP contribution in [0.4, 0.5) is 0 Å². The first kappa shape index (κ1) is 21.0. The Labute approximate surface area is 160 Å². The zero-order chi connectivity index (χ0) is 15.8. The van der Waals surface area contributed by atoms with Crippen LogP contribution < -0.4 is 10.6 Å². The largest absolute Gasteiger partial charge is 0.356 e. The molecule has 136 valence electrons. The van der Waals surface area contributed by atoms with Gasteiger partial charge >= 0.3 is 0 Å². The van der Waals surface area contributed by atoms with Gasteiger partial charge in [0, 0.05) is 20.1 Å². The lowest BCUT2D eigenvalue weighted by Gasteiger charge is -2.41. The van der Waals surface area contributed by atoms with Crippen LogP contribution in [0.25, 0.3) is 0 Å². The monoisotopic (exact) mass is 436 g/mol. The number of nitrogens with zero attached hydrogens (tertiary/aromatic N) is 2. The van der Waals surface area contributed by atoms with Crippen molar-refractivity contribution in [3.8, 4) is 0 Å². The van der Waals surface area contributed by atoms with Gasteiger partial charge in [-0.3, -0.25) is 4.99 Å². The van der Waals surface area contributed by atoms with E-state index in [1.54, 1.807) is 0 Å². The van der Waals surface area contributed by atoms with Crippen LogP contribution in [0, 0.1) is 11.3 Å². The number of likely N-dealkylation sites (tertiary alicyclic amines) is 1. The molecule has 0 radical (unpaired) electrons. The Balaban J connectivity index is 0.00000264. The molecule has 0 spiro atoms. The van der Waals surface area contributed by atoms with E-state index in [1.165, 1.54) is 64.6 Å². The van der Waals surface area contributed by atoms with Gasteiger partial charge in [0.15, 0.2) is 5.96 Å². The van der Waals surface area contributed by atoms with Gasteiger partial charge in [-0.15, -0.1) is 24.0 Å². The number of aliphatic imine (C=N–C) groups is 1. The fraction of sp³-hybridized carbons (Fsp3) is 0.944. The molecule has 0 bridgehead atoms. The van der Waals surface area contributed by atoms with Crippen molar-refractivity contribution < 1.29 is 0 Å². The van der Waals surface area contributed by atoms with Gasteiger partial charge in [-0.05, 0) is 69.5 Å². The third-order valence-corrected chi connectivity index (χ3v) is 5.82. The summed E-state index contributed by atoms with van der Waals surface area (Å²) in [5.74, 6) is 1.80. The number of nitrogens with one attached hydrogen (secondary N) is 2. The number of guanidine groups is 1. The van der Waals surface area contributed by atoms with Crippen LogP contribution in [0.2, 0.25) is 0 Å². The summed E-state index contributed by atoms with van der Waals surface area (Å²) in [6.45, 7) is 10.5. The third kappa shape index (κ3) is 6.40. The maximum Gasteiger partial charge on any atom is 0.191 e. The summed E-state index contributed by atoms with van der Waals surface area (Å²) in [6.07, 6.45) is 9.36. The van der Waals surface area contributed by atoms with Crippen LogP contribution in [0.5, 0.6) is 0 Å². The van der Waals surface area contributed by atoms with Crippen molar-refractivity contribution in [1.29, 1.82) is 0 Å². The highest BCUT2D eigenvalue weighted by atomic mass is 127. The molecule has 2 aliphatic rings. The molecular weight excluding hydrogens is 399 g/mol. The summed E-state index contributed by atoms with van der Waals surface area (Å²) in [4.78, 5) is 7.00. The molecule has 1 aliphatic carbocycles. The SMILES string of the molecule is CCCN1CCC(CNC(=NC)NCC2(CC)CCC2)CC1.I. The first-order chi connectivity index (χ1) is 10.7. The zero-order valence-corrected chi connectivity index (χ0v) is 17.7. The lowest BCUT2D eigenvalue weighted by molar-refractivity contribution is 0.131. The Hall–Kier alpha value is -0.0400. The Kier molecular flexibility index (Phi) is 9.82. The van der Waals surface area contributed by atoms with Gasteiger partial charge in [-0.2, -0.15) is 0 Å². The van der Waals surface area contributed by atoms with E-state index in [2.05, 4.69) is 34.4 Å².